The van der Waals surface area contributed by atoms with E-state index in [1.165, 1.54) is 36.8 Å². The van der Waals surface area contributed by atoms with Gasteiger partial charge in [-0.25, -0.2) is 0 Å². The molecular weight excluding hydrogens is 424 g/mol. The molecule has 2 atom stereocenters. The average Bonchev–Trinajstić information content (AvgIpc) is 3.24. The second-order valence-corrected chi connectivity index (χ2v) is 8.95. The molecular formula is C28H30N4O2. The number of aromatic nitrogens is 1. The van der Waals surface area contributed by atoms with Crippen molar-refractivity contribution in [1.29, 1.82) is 0 Å². The minimum Gasteiger partial charge on any atom is -0.382 e. The van der Waals surface area contributed by atoms with E-state index in [-0.39, 0.29) is 11.9 Å². The standard InChI is InChI=1S/C28H30N4O2/c33-28(26-19-25(31-34-26)23-11-8-16-29-20-23)30-24-14-12-22(13-15-24)27(21-9-4-3-5-10-21)32-17-6-1-2-7-18-32/h3-5,8-16,20,26-27H,1-2,6-7,17-19H2,(H,30,33). The van der Waals surface area contributed by atoms with Crippen LogP contribution in [0.4, 0.5) is 5.69 Å². The van der Waals surface area contributed by atoms with Gasteiger partial charge in [-0.2, -0.15) is 0 Å². The number of pyridine rings is 1. The van der Waals surface area contributed by atoms with Crippen LogP contribution in [-0.2, 0) is 9.63 Å². The van der Waals surface area contributed by atoms with Crippen molar-refractivity contribution in [2.45, 2.75) is 44.2 Å². The summed E-state index contributed by atoms with van der Waals surface area (Å²) in [6, 6.07) is 22.9. The van der Waals surface area contributed by atoms with E-state index >= 15 is 0 Å². The van der Waals surface area contributed by atoms with Crippen LogP contribution in [0.25, 0.3) is 0 Å². The quantitative estimate of drug-likeness (QED) is 0.557. The fraction of sp³-hybridized carbons (Fsp3) is 0.321. The first-order valence-corrected chi connectivity index (χ1v) is 12.1. The van der Waals surface area contributed by atoms with Gasteiger partial charge in [-0.3, -0.25) is 14.7 Å². The Morgan fingerprint density at radius 3 is 2.35 bits per heavy atom. The number of rotatable bonds is 6. The lowest BCUT2D eigenvalue weighted by molar-refractivity contribution is -0.125. The number of carbonyl (C=O) groups excluding carboxylic acids is 1. The van der Waals surface area contributed by atoms with Crippen molar-refractivity contribution >= 4 is 17.3 Å². The van der Waals surface area contributed by atoms with Crippen LogP contribution < -0.4 is 5.32 Å². The van der Waals surface area contributed by atoms with E-state index < -0.39 is 6.10 Å². The molecule has 0 radical (unpaired) electrons. The number of amides is 1. The van der Waals surface area contributed by atoms with Gasteiger partial charge in [-0.05, 0) is 61.3 Å². The second-order valence-electron chi connectivity index (χ2n) is 8.95. The molecule has 0 spiro atoms. The topological polar surface area (TPSA) is 66.8 Å². The van der Waals surface area contributed by atoms with Crippen LogP contribution in [0.3, 0.4) is 0 Å². The first-order chi connectivity index (χ1) is 16.8. The Morgan fingerprint density at radius 1 is 0.912 bits per heavy atom. The maximum absolute atomic E-state index is 12.8. The molecule has 1 saturated heterocycles. The lowest BCUT2D eigenvalue weighted by atomic mass is 9.96. The number of nitrogens with zero attached hydrogens (tertiary/aromatic N) is 3. The van der Waals surface area contributed by atoms with Gasteiger partial charge in [0.15, 0.2) is 0 Å². The summed E-state index contributed by atoms with van der Waals surface area (Å²) in [6.07, 6.45) is 8.32. The van der Waals surface area contributed by atoms with Crippen molar-refractivity contribution < 1.29 is 9.63 Å². The molecule has 174 valence electrons. The Kier molecular flexibility index (Phi) is 6.96. The molecule has 3 heterocycles. The SMILES string of the molecule is O=C(Nc1ccc(C(c2ccccc2)N2CCCCCC2)cc1)C1CC(c2cccnc2)=NO1. The highest BCUT2D eigenvalue weighted by Crippen LogP contribution is 2.31. The largest absolute Gasteiger partial charge is 0.382 e. The molecule has 2 unspecified atom stereocenters. The molecule has 1 amide bonds. The van der Waals surface area contributed by atoms with Crippen molar-refractivity contribution in [1.82, 2.24) is 9.88 Å². The minimum absolute atomic E-state index is 0.192. The minimum atomic E-state index is -0.635. The van der Waals surface area contributed by atoms with Crippen LogP contribution in [0.5, 0.6) is 0 Å². The van der Waals surface area contributed by atoms with Crippen molar-refractivity contribution in [2.75, 3.05) is 18.4 Å². The van der Waals surface area contributed by atoms with E-state index in [0.29, 0.717) is 6.42 Å². The third-order valence-corrected chi connectivity index (χ3v) is 6.57. The lowest BCUT2D eigenvalue weighted by Crippen LogP contribution is -2.30. The zero-order chi connectivity index (χ0) is 23.2. The Morgan fingerprint density at radius 2 is 1.65 bits per heavy atom. The van der Waals surface area contributed by atoms with Crippen LogP contribution in [0.1, 0.15) is 54.8 Å². The molecule has 2 aromatic carbocycles. The lowest BCUT2D eigenvalue weighted by Gasteiger charge is -2.31. The summed E-state index contributed by atoms with van der Waals surface area (Å²) in [4.78, 5) is 24.9. The van der Waals surface area contributed by atoms with Gasteiger partial charge in [0.1, 0.15) is 0 Å². The Labute approximate surface area is 200 Å². The predicted molar refractivity (Wildman–Crippen MR) is 134 cm³/mol. The van der Waals surface area contributed by atoms with Gasteiger partial charge in [0, 0.05) is 30.1 Å². The molecule has 3 aromatic rings. The molecule has 1 aromatic heterocycles. The maximum Gasteiger partial charge on any atom is 0.268 e. The summed E-state index contributed by atoms with van der Waals surface area (Å²) in [5.41, 5.74) is 4.93. The first-order valence-electron chi connectivity index (χ1n) is 12.1. The number of anilines is 1. The molecule has 1 N–H and O–H groups in total. The van der Waals surface area contributed by atoms with E-state index in [9.17, 15) is 4.79 Å². The normalized spacial score (nSPS) is 19.5. The molecule has 1 fully saturated rings. The zero-order valence-electron chi connectivity index (χ0n) is 19.3. The van der Waals surface area contributed by atoms with Crippen LogP contribution in [0.15, 0.2) is 84.3 Å². The number of likely N-dealkylation sites (tertiary alicyclic amines) is 1. The van der Waals surface area contributed by atoms with Gasteiger partial charge in [0.05, 0.1) is 11.8 Å². The highest BCUT2D eigenvalue weighted by atomic mass is 16.6. The number of nitrogens with one attached hydrogen (secondary N) is 1. The van der Waals surface area contributed by atoms with Crippen molar-refractivity contribution in [3.63, 3.8) is 0 Å². The number of benzene rings is 2. The fourth-order valence-electron chi connectivity index (χ4n) is 4.80. The van der Waals surface area contributed by atoms with Gasteiger partial charge in [-0.1, -0.05) is 60.5 Å². The number of oxime groups is 1. The number of carbonyl (C=O) groups is 1. The number of hydrogen-bond acceptors (Lipinski definition) is 5. The molecule has 6 heteroatoms. The van der Waals surface area contributed by atoms with Crippen molar-refractivity contribution in [3.8, 4) is 0 Å². The molecule has 6 nitrogen and oxygen atoms in total. The summed E-state index contributed by atoms with van der Waals surface area (Å²) in [5.74, 6) is -0.192. The molecule has 2 aliphatic rings. The van der Waals surface area contributed by atoms with Crippen LogP contribution in [0.2, 0.25) is 0 Å². The van der Waals surface area contributed by atoms with Crippen molar-refractivity contribution in [2.24, 2.45) is 5.16 Å². The van der Waals surface area contributed by atoms with Crippen LogP contribution in [-0.4, -0.2) is 40.7 Å². The monoisotopic (exact) mass is 454 g/mol. The number of hydrogen-bond donors (Lipinski definition) is 1. The Bertz CT molecular complexity index is 1110. The highest BCUT2D eigenvalue weighted by Gasteiger charge is 2.29. The van der Waals surface area contributed by atoms with E-state index in [1.54, 1.807) is 12.4 Å². The molecule has 2 aliphatic heterocycles. The maximum atomic E-state index is 12.8. The Balaban J connectivity index is 1.27. The molecule has 0 saturated carbocycles. The molecule has 5 rings (SSSR count). The summed E-state index contributed by atoms with van der Waals surface area (Å²) in [7, 11) is 0. The molecule has 0 bridgehead atoms. The van der Waals surface area contributed by atoms with E-state index in [4.69, 9.17) is 4.84 Å². The van der Waals surface area contributed by atoms with Crippen LogP contribution >= 0.6 is 0 Å². The van der Waals surface area contributed by atoms with Gasteiger partial charge in [0.25, 0.3) is 5.91 Å². The van der Waals surface area contributed by atoms with Crippen LogP contribution in [0, 0.1) is 0 Å². The van der Waals surface area contributed by atoms with Gasteiger partial charge in [0.2, 0.25) is 6.10 Å². The molecule has 0 aliphatic carbocycles. The first kappa shape index (κ1) is 22.3. The van der Waals surface area contributed by atoms with E-state index in [0.717, 1.165) is 30.1 Å². The predicted octanol–water partition coefficient (Wildman–Crippen LogP) is 5.18. The Hall–Kier alpha value is -3.51. The highest BCUT2D eigenvalue weighted by molar-refractivity contribution is 6.05. The zero-order valence-corrected chi connectivity index (χ0v) is 19.3. The average molecular weight is 455 g/mol. The van der Waals surface area contributed by atoms with E-state index in [1.807, 2.05) is 24.3 Å². The molecule has 34 heavy (non-hydrogen) atoms. The summed E-state index contributed by atoms with van der Waals surface area (Å²) < 4.78 is 0. The van der Waals surface area contributed by atoms with Crippen molar-refractivity contribution in [3.05, 3.63) is 95.8 Å². The van der Waals surface area contributed by atoms with Gasteiger partial charge in [-0.15, -0.1) is 0 Å². The summed E-state index contributed by atoms with van der Waals surface area (Å²) in [5, 5.41) is 7.08. The second kappa shape index (κ2) is 10.6. The van der Waals surface area contributed by atoms with Gasteiger partial charge < -0.3 is 10.2 Å². The third kappa shape index (κ3) is 5.18. The fourth-order valence-corrected chi connectivity index (χ4v) is 4.80. The smallest absolute Gasteiger partial charge is 0.268 e. The van der Waals surface area contributed by atoms with Gasteiger partial charge >= 0.3 is 0 Å². The summed E-state index contributed by atoms with van der Waals surface area (Å²) in [6.45, 7) is 2.21. The van der Waals surface area contributed by atoms with E-state index in [2.05, 4.69) is 62.8 Å². The summed E-state index contributed by atoms with van der Waals surface area (Å²) >= 11 is 0. The third-order valence-electron chi connectivity index (χ3n) is 6.57.